The molecule has 0 unspecified atom stereocenters. The van der Waals surface area contributed by atoms with Gasteiger partial charge in [0, 0.05) is 31.3 Å². The van der Waals surface area contributed by atoms with Crippen LogP contribution in [0.3, 0.4) is 0 Å². The van der Waals surface area contributed by atoms with Crippen molar-refractivity contribution >= 4 is 0 Å². The van der Waals surface area contributed by atoms with Gasteiger partial charge in [0.1, 0.15) is 5.82 Å². The summed E-state index contributed by atoms with van der Waals surface area (Å²) in [4.78, 5) is 2.21. The fourth-order valence-electron chi connectivity index (χ4n) is 3.65. The molecule has 0 N–H and O–H groups in total. The summed E-state index contributed by atoms with van der Waals surface area (Å²) in [5.41, 5.74) is 1.58. The zero-order valence-corrected chi connectivity index (χ0v) is 14.3. The number of likely N-dealkylation sites (tertiary alicyclic amines) is 1. The molecule has 2 aliphatic rings. The van der Waals surface area contributed by atoms with Crippen molar-refractivity contribution in [2.24, 2.45) is 0 Å². The van der Waals surface area contributed by atoms with E-state index in [1.807, 2.05) is 4.68 Å². The van der Waals surface area contributed by atoms with Crippen molar-refractivity contribution in [1.29, 1.82) is 0 Å². The van der Waals surface area contributed by atoms with E-state index in [2.05, 4.69) is 15.2 Å². The third-order valence-electron chi connectivity index (χ3n) is 4.96. The zero-order chi connectivity index (χ0) is 17.4. The molecule has 8 heteroatoms. The first-order valence-corrected chi connectivity index (χ1v) is 8.33. The third kappa shape index (κ3) is 2.96. The fourth-order valence-corrected chi connectivity index (χ4v) is 3.65. The highest BCUT2D eigenvalue weighted by molar-refractivity contribution is 5.43. The predicted octanol–water partition coefficient (Wildman–Crippen LogP) is 1.78. The van der Waals surface area contributed by atoms with E-state index < -0.39 is 0 Å². The smallest absolute Gasteiger partial charge is 0.163 e. The third-order valence-corrected chi connectivity index (χ3v) is 4.96. The second kappa shape index (κ2) is 6.61. The highest BCUT2D eigenvalue weighted by Crippen LogP contribution is 2.33. The minimum absolute atomic E-state index is 0.114. The van der Waals surface area contributed by atoms with E-state index in [4.69, 9.17) is 14.2 Å². The van der Waals surface area contributed by atoms with Crippen LogP contribution in [0, 0.1) is 5.82 Å². The van der Waals surface area contributed by atoms with E-state index in [0.29, 0.717) is 30.2 Å². The van der Waals surface area contributed by atoms with Gasteiger partial charge in [-0.3, -0.25) is 4.90 Å². The lowest BCUT2D eigenvalue weighted by Crippen LogP contribution is -2.47. The molecule has 1 aromatic carbocycles. The van der Waals surface area contributed by atoms with Gasteiger partial charge >= 0.3 is 0 Å². The number of rotatable bonds is 4. The summed E-state index contributed by atoms with van der Waals surface area (Å²) in [5, 5.41) is 8.18. The summed E-state index contributed by atoms with van der Waals surface area (Å²) >= 11 is 0. The van der Waals surface area contributed by atoms with Crippen LogP contribution in [-0.4, -0.2) is 53.3 Å². The molecule has 0 spiro atoms. The Hall–Kier alpha value is -2.19. The first-order valence-electron chi connectivity index (χ1n) is 8.33. The van der Waals surface area contributed by atoms with Gasteiger partial charge in [0.25, 0.3) is 0 Å². The number of ether oxygens (including phenoxy) is 3. The van der Waals surface area contributed by atoms with Crippen molar-refractivity contribution in [2.75, 3.05) is 27.3 Å². The molecule has 1 aromatic heterocycles. The Morgan fingerprint density at radius 1 is 1.28 bits per heavy atom. The van der Waals surface area contributed by atoms with Crippen molar-refractivity contribution in [3.63, 3.8) is 0 Å². The second-order valence-corrected chi connectivity index (χ2v) is 6.41. The van der Waals surface area contributed by atoms with Gasteiger partial charge in [0.2, 0.25) is 0 Å². The first-order chi connectivity index (χ1) is 12.2. The number of hydrogen-bond acceptors (Lipinski definition) is 6. The van der Waals surface area contributed by atoms with Crippen LogP contribution in [0.1, 0.15) is 23.7 Å². The molecule has 2 atom stereocenters. The van der Waals surface area contributed by atoms with Gasteiger partial charge in [0.05, 0.1) is 44.9 Å². The Balaban J connectivity index is 1.53. The van der Waals surface area contributed by atoms with Crippen molar-refractivity contribution in [2.45, 2.75) is 31.7 Å². The molecule has 1 fully saturated rings. The number of hydrogen-bond donors (Lipinski definition) is 0. The topological polar surface area (TPSA) is 61.6 Å². The van der Waals surface area contributed by atoms with Crippen LogP contribution in [0.15, 0.2) is 18.3 Å². The van der Waals surface area contributed by atoms with Crippen LogP contribution in [0.25, 0.3) is 0 Å². The maximum absolute atomic E-state index is 14.4. The normalized spacial score (nSPS) is 23.0. The van der Waals surface area contributed by atoms with Gasteiger partial charge in [0.15, 0.2) is 11.5 Å². The SMILES string of the molecule is COc1cc(F)c(CN2CC[C@H]3OCc4cnnn4[C@@H]3C2)cc1OC. The van der Waals surface area contributed by atoms with Crippen LogP contribution in [0.2, 0.25) is 0 Å². The number of halogens is 1. The van der Waals surface area contributed by atoms with Crippen molar-refractivity contribution in [1.82, 2.24) is 19.9 Å². The predicted molar refractivity (Wildman–Crippen MR) is 87.0 cm³/mol. The van der Waals surface area contributed by atoms with E-state index in [1.54, 1.807) is 19.4 Å². The average Bonchev–Trinajstić information content (AvgIpc) is 3.12. The molecule has 25 heavy (non-hydrogen) atoms. The highest BCUT2D eigenvalue weighted by atomic mass is 19.1. The molecular weight excluding hydrogens is 327 g/mol. The van der Waals surface area contributed by atoms with Crippen LogP contribution in [0.4, 0.5) is 4.39 Å². The van der Waals surface area contributed by atoms with Gasteiger partial charge in [-0.25, -0.2) is 9.07 Å². The molecule has 2 aliphatic heterocycles. The molecule has 2 aromatic rings. The van der Waals surface area contributed by atoms with Crippen molar-refractivity contribution in [3.05, 3.63) is 35.4 Å². The molecule has 0 radical (unpaired) electrons. The maximum atomic E-state index is 14.4. The number of nitrogens with zero attached hydrogens (tertiary/aromatic N) is 4. The maximum Gasteiger partial charge on any atom is 0.163 e. The van der Waals surface area contributed by atoms with Crippen LogP contribution in [-0.2, 0) is 17.9 Å². The van der Waals surface area contributed by atoms with Gasteiger partial charge in [-0.05, 0) is 12.5 Å². The van der Waals surface area contributed by atoms with Gasteiger partial charge in [-0.15, -0.1) is 5.10 Å². The summed E-state index contributed by atoms with van der Waals surface area (Å²) in [5.74, 6) is 0.643. The van der Waals surface area contributed by atoms with Gasteiger partial charge < -0.3 is 14.2 Å². The molecule has 3 heterocycles. The summed E-state index contributed by atoms with van der Waals surface area (Å²) in [6.45, 7) is 2.64. The lowest BCUT2D eigenvalue weighted by atomic mass is 9.99. The molecule has 0 saturated carbocycles. The number of benzene rings is 1. The van der Waals surface area contributed by atoms with Gasteiger partial charge in [-0.1, -0.05) is 5.21 Å². The molecule has 134 valence electrons. The Morgan fingerprint density at radius 2 is 2.08 bits per heavy atom. The Labute approximate surface area is 145 Å². The lowest BCUT2D eigenvalue weighted by molar-refractivity contribution is -0.0670. The van der Waals surface area contributed by atoms with Gasteiger partial charge in [-0.2, -0.15) is 0 Å². The van der Waals surface area contributed by atoms with E-state index in [0.717, 1.165) is 25.2 Å². The Morgan fingerprint density at radius 3 is 2.88 bits per heavy atom. The number of aromatic nitrogens is 3. The van der Waals surface area contributed by atoms with Crippen LogP contribution < -0.4 is 9.47 Å². The molecule has 4 rings (SSSR count). The Kier molecular flexibility index (Phi) is 4.30. The molecule has 7 nitrogen and oxygen atoms in total. The van der Waals surface area contributed by atoms with Crippen molar-refractivity contribution < 1.29 is 18.6 Å². The molecule has 0 amide bonds. The van der Waals surface area contributed by atoms with E-state index >= 15 is 0 Å². The number of piperidine rings is 1. The van der Waals surface area contributed by atoms with E-state index in [9.17, 15) is 4.39 Å². The molecule has 0 bridgehead atoms. The highest BCUT2D eigenvalue weighted by Gasteiger charge is 2.36. The summed E-state index contributed by atoms with van der Waals surface area (Å²) in [6, 6.07) is 3.20. The number of methoxy groups -OCH3 is 2. The minimum atomic E-state index is -0.291. The lowest BCUT2D eigenvalue weighted by Gasteiger charge is -2.41. The summed E-state index contributed by atoms with van der Waals surface area (Å²) in [6.07, 6.45) is 2.77. The molecule has 0 aliphatic carbocycles. The van der Waals surface area contributed by atoms with Crippen LogP contribution >= 0.6 is 0 Å². The van der Waals surface area contributed by atoms with Crippen molar-refractivity contribution in [3.8, 4) is 11.5 Å². The van der Waals surface area contributed by atoms with E-state index in [1.165, 1.54) is 13.2 Å². The number of fused-ring (bicyclic) bond motifs is 3. The average molecular weight is 348 g/mol. The second-order valence-electron chi connectivity index (χ2n) is 6.41. The fraction of sp³-hybridized carbons (Fsp3) is 0.529. The molecular formula is C17H21FN4O3. The first kappa shape index (κ1) is 16.3. The van der Waals surface area contributed by atoms with E-state index in [-0.39, 0.29) is 18.0 Å². The van der Waals surface area contributed by atoms with Crippen LogP contribution in [0.5, 0.6) is 11.5 Å². The standard InChI is InChI=1S/C17H21FN4O3/c1-23-16-5-11(13(18)6-17(16)24-2)8-21-4-3-15-14(9-21)22-12(10-25-15)7-19-20-22/h5-7,14-15H,3-4,8-10H2,1-2H3/t14-,15-/m1/s1. The zero-order valence-electron chi connectivity index (χ0n) is 14.3. The summed E-state index contributed by atoms with van der Waals surface area (Å²) in [7, 11) is 3.05. The molecule has 1 saturated heterocycles. The summed E-state index contributed by atoms with van der Waals surface area (Å²) < 4.78 is 32.7. The monoisotopic (exact) mass is 348 g/mol. The Bertz CT molecular complexity index is 766. The minimum Gasteiger partial charge on any atom is -0.493 e. The quantitative estimate of drug-likeness (QED) is 0.839. The largest absolute Gasteiger partial charge is 0.493 e.